The molecule has 10 heteroatoms. The minimum Gasteiger partial charge on any atom is -0.497 e. The first-order chi connectivity index (χ1) is 16.8. The Morgan fingerprint density at radius 2 is 1.91 bits per heavy atom. The number of sulfone groups is 1. The summed E-state index contributed by atoms with van der Waals surface area (Å²) >= 11 is 0. The lowest BCUT2D eigenvalue weighted by Gasteiger charge is -2.13. The van der Waals surface area contributed by atoms with Crippen molar-refractivity contribution < 1.29 is 22.3 Å². The fourth-order valence-electron chi connectivity index (χ4n) is 4.38. The molecule has 2 aromatic heterocycles. The Kier molecular flexibility index (Phi) is 5.76. The molecule has 0 bridgehead atoms. The van der Waals surface area contributed by atoms with Crippen molar-refractivity contribution in [3.63, 3.8) is 0 Å². The van der Waals surface area contributed by atoms with Gasteiger partial charge in [-0.1, -0.05) is 12.1 Å². The van der Waals surface area contributed by atoms with E-state index in [0.717, 1.165) is 5.56 Å². The first-order valence-corrected chi connectivity index (χ1v) is 12.9. The van der Waals surface area contributed by atoms with Crippen molar-refractivity contribution in [2.45, 2.75) is 19.4 Å². The fourth-order valence-corrected chi connectivity index (χ4v) is 6.07. The van der Waals surface area contributed by atoms with E-state index in [9.17, 15) is 17.6 Å². The lowest BCUT2D eigenvalue weighted by molar-refractivity contribution is 0.102. The molecule has 1 N–H and O–H groups in total. The van der Waals surface area contributed by atoms with Crippen molar-refractivity contribution in [1.29, 1.82) is 0 Å². The molecule has 2 aromatic carbocycles. The van der Waals surface area contributed by atoms with Crippen LogP contribution in [0, 0.1) is 12.7 Å². The molecule has 1 aliphatic rings. The average Bonchev–Trinajstić information content (AvgIpc) is 3.38. The zero-order valence-electron chi connectivity index (χ0n) is 19.2. The number of anilines is 1. The maximum atomic E-state index is 14.2. The standard InChI is InChI=1S/C25H23FN4O4S/c1-15-23-19(25(31)28-21-6-4-3-5-20(21)26)13-22(16-7-9-18(34-2)10-8-16)27-24(23)30(29-15)17-11-12-35(32,33)14-17/h3-10,13,17H,11-12,14H2,1-2H3,(H,28,31). The Morgan fingerprint density at radius 3 is 2.57 bits per heavy atom. The van der Waals surface area contributed by atoms with Crippen LogP contribution in [0.15, 0.2) is 54.6 Å². The number of hydrogen-bond acceptors (Lipinski definition) is 6. The Balaban J connectivity index is 1.68. The van der Waals surface area contributed by atoms with Crippen molar-refractivity contribution in [1.82, 2.24) is 14.8 Å². The van der Waals surface area contributed by atoms with Gasteiger partial charge in [-0.2, -0.15) is 5.10 Å². The number of ether oxygens (including phenoxy) is 1. The van der Waals surface area contributed by atoms with E-state index in [4.69, 9.17) is 9.72 Å². The van der Waals surface area contributed by atoms with Gasteiger partial charge >= 0.3 is 0 Å². The highest BCUT2D eigenvalue weighted by atomic mass is 32.2. The second kappa shape index (κ2) is 8.77. The van der Waals surface area contributed by atoms with E-state index in [1.165, 1.54) is 12.1 Å². The summed E-state index contributed by atoms with van der Waals surface area (Å²) in [4.78, 5) is 18.2. The number of para-hydroxylation sites is 1. The molecule has 0 saturated carbocycles. The van der Waals surface area contributed by atoms with Crippen molar-refractivity contribution in [2.24, 2.45) is 0 Å². The van der Waals surface area contributed by atoms with E-state index in [2.05, 4.69) is 10.4 Å². The molecule has 1 aliphatic heterocycles. The number of fused-ring (bicyclic) bond motifs is 1. The summed E-state index contributed by atoms with van der Waals surface area (Å²) in [6.07, 6.45) is 0.420. The number of nitrogens with zero attached hydrogens (tertiary/aromatic N) is 3. The number of rotatable bonds is 5. The van der Waals surface area contributed by atoms with Crippen LogP contribution in [0.3, 0.4) is 0 Å². The van der Waals surface area contributed by atoms with E-state index in [0.29, 0.717) is 34.6 Å². The number of carbonyl (C=O) groups excluding carboxylic acids is 1. The van der Waals surface area contributed by atoms with Gasteiger partial charge in [-0.05, 0) is 55.8 Å². The maximum absolute atomic E-state index is 14.2. The summed E-state index contributed by atoms with van der Waals surface area (Å²) in [6.45, 7) is 1.75. The van der Waals surface area contributed by atoms with Crippen LogP contribution in [0.2, 0.25) is 0 Å². The first-order valence-electron chi connectivity index (χ1n) is 11.1. The van der Waals surface area contributed by atoms with Crippen LogP contribution in [-0.4, -0.2) is 47.7 Å². The zero-order chi connectivity index (χ0) is 24.7. The van der Waals surface area contributed by atoms with Gasteiger partial charge < -0.3 is 10.1 Å². The number of carbonyl (C=O) groups is 1. The molecule has 5 rings (SSSR count). The van der Waals surface area contributed by atoms with Crippen LogP contribution in [-0.2, 0) is 9.84 Å². The summed E-state index contributed by atoms with van der Waals surface area (Å²) in [7, 11) is -1.60. The van der Waals surface area contributed by atoms with E-state index < -0.39 is 21.6 Å². The number of amides is 1. The summed E-state index contributed by atoms with van der Waals surface area (Å²) in [5, 5.41) is 7.72. The minimum atomic E-state index is -3.17. The molecule has 35 heavy (non-hydrogen) atoms. The lowest BCUT2D eigenvalue weighted by atomic mass is 10.0. The van der Waals surface area contributed by atoms with Crippen LogP contribution in [0.5, 0.6) is 5.75 Å². The Hall–Kier alpha value is -3.79. The highest BCUT2D eigenvalue weighted by molar-refractivity contribution is 7.91. The van der Waals surface area contributed by atoms with Gasteiger partial charge in [0, 0.05) is 5.56 Å². The van der Waals surface area contributed by atoms with Crippen molar-refractivity contribution in [3.05, 3.63) is 71.7 Å². The molecule has 4 aromatic rings. The van der Waals surface area contributed by atoms with Crippen molar-refractivity contribution in [2.75, 3.05) is 23.9 Å². The predicted molar refractivity (Wildman–Crippen MR) is 131 cm³/mol. The van der Waals surface area contributed by atoms with Crippen molar-refractivity contribution >= 4 is 32.5 Å². The summed E-state index contributed by atoms with van der Waals surface area (Å²) in [5.41, 5.74) is 2.51. The molecule has 0 spiro atoms. The molecule has 0 radical (unpaired) electrons. The van der Waals surface area contributed by atoms with Crippen LogP contribution in [0.1, 0.15) is 28.5 Å². The minimum absolute atomic E-state index is 0.0333. The number of methoxy groups -OCH3 is 1. The topological polar surface area (TPSA) is 103 Å². The van der Waals surface area contributed by atoms with E-state index >= 15 is 0 Å². The SMILES string of the molecule is COc1ccc(-c2cc(C(=O)Nc3ccccc3F)c3c(C)nn(C4CCS(=O)(=O)C4)c3n2)cc1. The molecule has 1 unspecified atom stereocenters. The largest absolute Gasteiger partial charge is 0.497 e. The molecule has 1 atom stereocenters. The number of benzene rings is 2. The van der Waals surface area contributed by atoms with E-state index in [1.807, 2.05) is 12.1 Å². The second-order valence-corrected chi connectivity index (χ2v) is 10.7. The fraction of sp³-hybridized carbons (Fsp3) is 0.240. The smallest absolute Gasteiger partial charge is 0.256 e. The highest BCUT2D eigenvalue weighted by Crippen LogP contribution is 2.33. The first kappa shape index (κ1) is 23.0. The number of pyridine rings is 1. The van der Waals surface area contributed by atoms with Gasteiger partial charge in [-0.25, -0.2) is 22.5 Å². The number of hydrogen-bond donors (Lipinski definition) is 1. The summed E-state index contributed by atoms with van der Waals surface area (Å²) < 4.78 is 45.4. The predicted octanol–water partition coefficient (Wildman–Crippen LogP) is 4.17. The van der Waals surface area contributed by atoms with Gasteiger partial charge in [0.2, 0.25) is 0 Å². The molecular formula is C25H23FN4O4S. The number of aryl methyl sites for hydroxylation is 1. The van der Waals surface area contributed by atoms with Crippen LogP contribution in [0.25, 0.3) is 22.3 Å². The zero-order valence-corrected chi connectivity index (χ0v) is 20.0. The molecule has 180 valence electrons. The van der Waals surface area contributed by atoms with Crippen molar-refractivity contribution in [3.8, 4) is 17.0 Å². The summed E-state index contributed by atoms with van der Waals surface area (Å²) in [6, 6.07) is 14.4. The van der Waals surface area contributed by atoms with E-state index in [1.54, 1.807) is 49.0 Å². The van der Waals surface area contributed by atoms with Gasteiger partial charge in [0.1, 0.15) is 11.6 Å². The average molecular weight is 495 g/mol. The molecule has 1 amide bonds. The third-order valence-electron chi connectivity index (χ3n) is 6.14. The van der Waals surface area contributed by atoms with Gasteiger partial charge in [0.15, 0.2) is 15.5 Å². The third kappa shape index (κ3) is 4.37. The Labute approximate surface area is 201 Å². The Bertz CT molecular complexity index is 1550. The van der Waals surface area contributed by atoms with E-state index in [-0.39, 0.29) is 28.8 Å². The van der Waals surface area contributed by atoms with Gasteiger partial charge in [0.25, 0.3) is 5.91 Å². The molecule has 8 nitrogen and oxygen atoms in total. The molecule has 1 saturated heterocycles. The normalized spacial score (nSPS) is 16.9. The number of nitrogens with one attached hydrogen (secondary N) is 1. The molecule has 1 fully saturated rings. The van der Waals surface area contributed by atoms with Crippen LogP contribution < -0.4 is 10.1 Å². The molecular weight excluding hydrogens is 471 g/mol. The lowest BCUT2D eigenvalue weighted by Crippen LogP contribution is -2.15. The number of halogens is 1. The third-order valence-corrected chi connectivity index (χ3v) is 7.89. The Morgan fingerprint density at radius 1 is 1.17 bits per heavy atom. The maximum Gasteiger partial charge on any atom is 0.256 e. The highest BCUT2D eigenvalue weighted by Gasteiger charge is 2.32. The second-order valence-electron chi connectivity index (χ2n) is 8.50. The van der Waals surface area contributed by atoms with Crippen LogP contribution >= 0.6 is 0 Å². The molecule has 3 heterocycles. The van der Waals surface area contributed by atoms with Gasteiger partial charge in [-0.3, -0.25) is 4.79 Å². The van der Waals surface area contributed by atoms with Gasteiger partial charge in [-0.15, -0.1) is 0 Å². The quantitative estimate of drug-likeness (QED) is 0.447. The monoisotopic (exact) mass is 494 g/mol. The van der Waals surface area contributed by atoms with Gasteiger partial charge in [0.05, 0.1) is 52.7 Å². The summed E-state index contributed by atoms with van der Waals surface area (Å²) in [5.74, 6) is -0.348. The molecule has 0 aliphatic carbocycles. The number of aromatic nitrogens is 3. The van der Waals surface area contributed by atoms with Crippen LogP contribution in [0.4, 0.5) is 10.1 Å².